The lowest BCUT2D eigenvalue weighted by molar-refractivity contribution is 0.198. The Labute approximate surface area is 88.5 Å². The molecule has 1 unspecified atom stereocenters. The quantitative estimate of drug-likeness (QED) is 0.771. The average Bonchev–Trinajstić information content (AvgIpc) is 2.66. The fourth-order valence-corrected chi connectivity index (χ4v) is 1.71. The van der Waals surface area contributed by atoms with E-state index in [4.69, 9.17) is 10.5 Å². The van der Waals surface area contributed by atoms with Crippen LogP contribution in [-0.4, -0.2) is 36.4 Å². The van der Waals surface area contributed by atoms with E-state index in [0.717, 1.165) is 18.8 Å². The zero-order chi connectivity index (χ0) is 10.8. The number of ether oxygens (including phenoxy) is 1. The highest BCUT2D eigenvalue weighted by Crippen LogP contribution is 2.25. The van der Waals surface area contributed by atoms with Crippen molar-refractivity contribution >= 4 is 11.5 Å². The van der Waals surface area contributed by atoms with Crippen molar-refractivity contribution in [3.8, 4) is 5.88 Å². The molecule has 2 rings (SSSR count). The molecule has 0 aliphatic carbocycles. The maximum atomic E-state index is 9.40. The van der Waals surface area contributed by atoms with Crippen LogP contribution in [0.1, 0.15) is 6.42 Å². The highest BCUT2D eigenvalue weighted by molar-refractivity contribution is 5.52. The number of β-amino-alcohol motifs (C(OH)–C–C–N with tert-alkyl or cyclic N) is 1. The summed E-state index contributed by atoms with van der Waals surface area (Å²) in [6.45, 7) is 1.40. The molecule has 1 aromatic heterocycles. The van der Waals surface area contributed by atoms with E-state index < -0.39 is 0 Å². The molecule has 2 heterocycles. The van der Waals surface area contributed by atoms with Gasteiger partial charge in [-0.05, 0) is 18.6 Å². The standard InChI is InChI=1S/C10H14N3O2/c1-15-10-8(11)2-3-9(12-10)13-5-4-7(14)6-13/h2-3,7,11,14H,4-6H2,1H3. The molecule has 1 atom stereocenters. The summed E-state index contributed by atoms with van der Waals surface area (Å²) < 4.78 is 4.98. The van der Waals surface area contributed by atoms with Gasteiger partial charge < -0.3 is 14.7 Å². The van der Waals surface area contributed by atoms with Crippen LogP contribution in [0.4, 0.5) is 11.5 Å². The van der Waals surface area contributed by atoms with Crippen LogP contribution in [0.2, 0.25) is 0 Å². The number of aliphatic hydroxyl groups is 1. The third-order valence-corrected chi connectivity index (χ3v) is 2.53. The third-order valence-electron chi connectivity index (χ3n) is 2.53. The molecule has 0 bridgehead atoms. The van der Waals surface area contributed by atoms with Crippen molar-refractivity contribution in [2.45, 2.75) is 12.5 Å². The summed E-state index contributed by atoms with van der Waals surface area (Å²) >= 11 is 0. The normalized spacial score (nSPS) is 20.7. The van der Waals surface area contributed by atoms with Gasteiger partial charge in [0.05, 0.1) is 13.2 Å². The predicted molar refractivity (Wildman–Crippen MR) is 56.4 cm³/mol. The molecule has 0 aromatic carbocycles. The van der Waals surface area contributed by atoms with E-state index in [0.29, 0.717) is 12.4 Å². The number of pyridine rings is 1. The molecule has 0 amide bonds. The fraction of sp³-hybridized carbons (Fsp3) is 0.500. The minimum atomic E-state index is -0.270. The van der Waals surface area contributed by atoms with Crippen molar-refractivity contribution < 1.29 is 9.84 Å². The Morgan fingerprint density at radius 1 is 1.60 bits per heavy atom. The molecule has 5 heteroatoms. The summed E-state index contributed by atoms with van der Waals surface area (Å²) in [6.07, 6.45) is 0.501. The molecule has 15 heavy (non-hydrogen) atoms. The lowest BCUT2D eigenvalue weighted by Crippen LogP contribution is -2.22. The van der Waals surface area contributed by atoms with Gasteiger partial charge in [-0.15, -0.1) is 0 Å². The summed E-state index contributed by atoms with van der Waals surface area (Å²) in [7, 11) is 1.50. The van der Waals surface area contributed by atoms with Gasteiger partial charge in [-0.1, -0.05) is 0 Å². The zero-order valence-corrected chi connectivity index (χ0v) is 8.60. The third kappa shape index (κ3) is 1.97. The van der Waals surface area contributed by atoms with E-state index in [1.807, 2.05) is 4.90 Å². The van der Waals surface area contributed by atoms with Gasteiger partial charge in [-0.3, -0.25) is 5.73 Å². The molecule has 1 fully saturated rings. The Morgan fingerprint density at radius 3 is 3.00 bits per heavy atom. The van der Waals surface area contributed by atoms with Gasteiger partial charge in [0.25, 0.3) is 0 Å². The number of methoxy groups -OCH3 is 1. The number of hydrogen-bond acceptors (Lipinski definition) is 4. The van der Waals surface area contributed by atoms with E-state index in [1.165, 1.54) is 7.11 Å². The monoisotopic (exact) mass is 208 g/mol. The summed E-state index contributed by atoms with van der Waals surface area (Å²) in [6, 6.07) is 3.44. The molecular formula is C10H14N3O2. The number of aromatic nitrogens is 1. The van der Waals surface area contributed by atoms with E-state index in [2.05, 4.69) is 4.98 Å². The maximum Gasteiger partial charge on any atom is 0.240 e. The van der Waals surface area contributed by atoms with Crippen LogP contribution < -0.4 is 15.4 Å². The van der Waals surface area contributed by atoms with Crippen molar-refractivity contribution in [3.63, 3.8) is 0 Å². The van der Waals surface area contributed by atoms with E-state index in [9.17, 15) is 5.11 Å². The Kier molecular flexibility index (Phi) is 2.64. The van der Waals surface area contributed by atoms with Gasteiger partial charge in [0.15, 0.2) is 0 Å². The van der Waals surface area contributed by atoms with Gasteiger partial charge in [0.2, 0.25) is 5.88 Å². The van der Waals surface area contributed by atoms with Gasteiger partial charge in [0, 0.05) is 13.1 Å². The second-order valence-corrected chi connectivity index (χ2v) is 3.61. The van der Waals surface area contributed by atoms with E-state index >= 15 is 0 Å². The number of aliphatic hydroxyl groups excluding tert-OH is 1. The van der Waals surface area contributed by atoms with Crippen molar-refractivity contribution in [1.82, 2.24) is 10.7 Å². The molecular weight excluding hydrogens is 194 g/mol. The van der Waals surface area contributed by atoms with Crippen LogP contribution >= 0.6 is 0 Å². The number of anilines is 1. The lowest BCUT2D eigenvalue weighted by Gasteiger charge is -2.17. The lowest BCUT2D eigenvalue weighted by atomic mass is 10.3. The minimum absolute atomic E-state index is 0.270. The SMILES string of the molecule is COc1nc(N2CCC(O)C2)ccc1[NH]. The molecule has 5 nitrogen and oxygen atoms in total. The zero-order valence-electron chi connectivity index (χ0n) is 8.60. The molecule has 0 spiro atoms. The van der Waals surface area contributed by atoms with Gasteiger partial charge in [-0.2, -0.15) is 4.98 Å². The molecule has 1 aromatic rings. The fourth-order valence-electron chi connectivity index (χ4n) is 1.71. The van der Waals surface area contributed by atoms with Crippen LogP contribution in [-0.2, 0) is 0 Å². The smallest absolute Gasteiger partial charge is 0.240 e. The maximum absolute atomic E-state index is 9.40. The summed E-state index contributed by atoms with van der Waals surface area (Å²) in [5, 5.41) is 9.40. The van der Waals surface area contributed by atoms with Gasteiger partial charge in [-0.25, -0.2) is 0 Å². The molecule has 1 aliphatic heterocycles. The van der Waals surface area contributed by atoms with Crippen molar-refractivity contribution in [1.29, 1.82) is 0 Å². The van der Waals surface area contributed by atoms with Crippen molar-refractivity contribution in [2.24, 2.45) is 0 Å². The highest BCUT2D eigenvalue weighted by atomic mass is 16.5. The first-order valence-electron chi connectivity index (χ1n) is 4.90. The van der Waals surface area contributed by atoms with Gasteiger partial charge >= 0.3 is 0 Å². The first-order valence-corrected chi connectivity index (χ1v) is 4.90. The molecule has 1 radical (unpaired) electrons. The minimum Gasteiger partial charge on any atom is -0.479 e. The van der Waals surface area contributed by atoms with Crippen LogP contribution in [0.25, 0.3) is 0 Å². The van der Waals surface area contributed by atoms with Gasteiger partial charge in [0.1, 0.15) is 11.5 Å². The Balaban J connectivity index is 2.21. The summed E-state index contributed by atoms with van der Waals surface area (Å²) in [4.78, 5) is 6.20. The van der Waals surface area contributed by atoms with Crippen LogP contribution in [0, 0.1) is 0 Å². The molecule has 2 N–H and O–H groups in total. The molecule has 1 saturated heterocycles. The van der Waals surface area contributed by atoms with Crippen molar-refractivity contribution in [2.75, 3.05) is 25.1 Å². The Bertz CT molecular complexity index is 357. The second-order valence-electron chi connectivity index (χ2n) is 3.61. The van der Waals surface area contributed by atoms with Crippen LogP contribution in [0.5, 0.6) is 5.88 Å². The predicted octanol–water partition coefficient (Wildman–Crippen LogP) is 0.576. The van der Waals surface area contributed by atoms with Crippen molar-refractivity contribution in [3.05, 3.63) is 12.1 Å². The Morgan fingerprint density at radius 2 is 2.40 bits per heavy atom. The molecule has 81 valence electrons. The van der Waals surface area contributed by atoms with Crippen LogP contribution in [0.15, 0.2) is 12.1 Å². The second kappa shape index (κ2) is 3.94. The Hall–Kier alpha value is -1.49. The molecule has 1 aliphatic rings. The summed E-state index contributed by atoms with van der Waals surface area (Å²) in [5.74, 6) is 1.09. The highest BCUT2D eigenvalue weighted by Gasteiger charge is 2.21. The number of nitrogens with zero attached hydrogens (tertiary/aromatic N) is 2. The first-order chi connectivity index (χ1) is 7.20. The van der Waals surface area contributed by atoms with Crippen LogP contribution in [0.3, 0.4) is 0 Å². The largest absolute Gasteiger partial charge is 0.479 e. The van der Waals surface area contributed by atoms with E-state index in [-0.39, 0.29) is 11.8 Å². The number of nitrogens with one attached hydrogen (secondary N) is 1. The van der Waals surface area contributed by atoms with E-state index in [1.54, 1.807) is 12.1 Å². The topological polar surface area (TPSA) is 69.4 Å². The number of hydrogen-bond donors (Lipinski definition) is 1. The average molecular weight is 208 g/mol. The molecule has 0 saturated carbocycles. The first kappa shape index (κ1) is 10.0. The number of rotatable bonds is 2. The summed E-state index contributed by atoms with van der Waals surface area (Å²) in [5.41, 5.74) is 7.80.